The van der Waals surface area contributed by atoms with Crippen LogP contribution in [0.2, 0.25) is 0 Å². The number of piperidine rings is 1. The Balaban J connectivity index is 2.13. The minimum atomic E-state index is 0.574. The highest BCUT2D eigenvalue weighted by molar-refractivity contribution is 5.28. The highest BCUT2D eigenvalue weighted by Gasteiger charge is 2.21. The van der Waals surface area contributed by atoms with Crippen LogP contribution in [0.5, 0.6) is 0 Å². The second-order valence-corrected chi connectivity index (χ2v) is 4.91. The maximum atomic E-state index is 4.65. The standard InChI is InChI=1S/C13H22N4/c1-4-17-9-5-6-11(10-17)12-7-8-14-13(15-12)16(2)3/h7-8,11H,4-6,9-10H2,1-3H3. The zero-order chi connectivity index (χ0) is 12.3. The van der Waals surface area contributed by atoms with Crippen molar-refractivity contribution in [3.63, 3.8) is 0 Å². The van der Waals surface area contributed by atoms with Crippen molar-refractivity contribution in [1.82, 2.24) is 14.9 Å². The molecule has 0 N–H and O–H groups in total. The largest absolute Gasteiger partial charge is 0.347 e. The van der Waals surface area contributed by atoms with E-state index in [1.54, 1.807) is 0 Å². The van der Waals surface area contributed by atoms with Gasteiger partial charge in [-0.15, -0.1) is 0 Å². The molecule has 0 saturated carbocycles. The summed E-state index contributed by atoms with van der Waals surface area (Å²) < 4.78 is 0. The van der Waals surface area contributed by atoms with Crippen molar-refractivity contribution >= 4 is 5.95 Å². The Morgan fingerprint density at radius 2 is 2.29 bits per heavy atom. The van der Waals surface area contributed by atoms with E-state index in [1.807, 2.05) is 25.2 Å². The van der Waals surface area contributed by atoms with Gasteiger partial charge in [-0.1, -0.05) is 6.92 Å². The Kier molecular flexibility index (Phi) is 3.94. The minimum Gasteiger partial charge on any atom is -0.347 e. The van der Waals surface area contributed by atoms with Crippen LogP contribution in [0.1, 0.15) is 31.4 Å². The lowest BCUT2D eigenvalue weighted by Crippen LogP contribution is -2.34. The molecule has 1 atom stereocenters. The molecular formula is C13H22N4. The maximum absolute atomic E-state index is 4.65. The molecule has 1 aliphatic rings. The van der Waals surface area contributed by atoms with E-state index < -0.39 is 0 Å². The van der Waals surface area contributed by atoms with E-state index in [0.717, 1.165) is 19.0 Å². The fourth-order valence-corrected chi connectivity index (χ4v) is 2.39. The predicted molar refractivity (Wildman–Crippen MR) is 70.4 cm³/mol. The van der Waals surface area contributed by atoms with Crippen LogP contribution >= 0.6 is 0 Å². The maximum Gasteiger partial charge on any atom is 0.224 e. The third kappa shape index (κ3) is 2.94. The molecule has 4 heteroatoms. The highest BCUT2D eigenvalue weighted by atomic mass is 15.2. The lowest BCUT2D eigenvalue weighted by atomic mass is 9.94. The summed E-state index contributed by atoms with van der Waals surface area (Å²) >= 11 is 0. The Morgan fingerprint density at radius 1 is 1.47 bits per heavy atom. The van der Waals surface area contributed by atoms with E-state index in [0.29, 0.717) is 5.92 Å². The summed E-state index contributed by atoms with van der Waals surface area (Å²) in [6, 6.07) is 2.07. The molecule has 2 rings (SSSR count). The minimum absolute atomic E-state index is 0.574. The predicted octanol–water partition coefficient (Wildman–Crippen LogP) is 1.74. The van der Waals surface area contributed by atoms with E-state index in [9.17, 15) is 0 Å². The molecule has 1 aromatic heterocycles. The van der Waals surface area contributed by atoms with E-state index >= 15 is 0 Å². The summed E-state index contributed by atoms with van der Waals surface area (Å²) in [5, 5.41) is 0. The number of likely N-dealkylation sites (N-methyl/N-ethyl adjacent to an activating group) is 1. The topological polar surface area (TPSA) is 32.3 Å². The highest BCUT2D eigenvalue weighted by Crippen LogP contribution is 2.25. The molecule has 1 unspecified atom stereocenters. The van der Waals surface area contributed by atoms with Crippen LogP contribution in [-0.2, 0) is 0 Å². The molecule has 4 nitrogen and oxygen atoms in total. The number of aromatic nitrogens is 2. The van der Waals surface area contributed by atoms with Gasteiger partial charge in [0.2, 0.25) is 5.95 Å². The van der Waals surface area contributed by atoms with Gasteiger partial charge in [0.05, 0.1) is 5.69 Å². The van der Waals surface area contributed by atoms with Gasteiger partial charge in [0.1, 0.15) is 0 Å². The van der Waals surface area contributed by atoms with Gasteiger partial charge in [-0.3, -0.25) is 0 Å². The number of hydrogen-bond donors (Lipinski definition) is 0. The van der Waals surface area contributed by atoms with Crippen molar-refractivity contribution in [3.8, 4) is 0 Å². The van der Waals surface area contributed by atoms with E-state index in [2.05, 4.69) is 27.9 Å². The molecular weight excluding hydrogens is 212 g/mol. The zero-order valence-electron chi connectivity index (χ0n) is 11.1. The van der Waals surface area contributed by atoms with Crippen LogP contribution in [-0.4, -0.2) is 48.6 Å². The van der Waals surface area contributed by atoms with Crippen molar-refractivity contribution in [3.05, 3.63) is 18.0 Å². The van der Waals surface area contributed by atoms with Gasteiger partial charge >= 0.3 is 0 Å². The van der Waals surface area contributed by atoms with Gasteiger partial charge < -0.3 is 9.80 Å². The Hall–Kier alpha value is -1.16. The third-order valence-electron chi connectivity index (χ3n) is 3.44. The van der Waals surface area contributed by atoms with Gasteiger partial charge in [0.15, 0.2) is 0 Å². The molecule has 2 heterocycles. The number of nitrogens with zero attached hydrogens (tertiary/aromatic N) is 4. The van der Waals surface area contributed by atoms with Crippen molar-refractivity contribution < 1.29 is 0 Å². The Bertz CT molecular complexity index is 364. The number of rotatable bonds is 3. The van der Waals surface area contributed by atoms with E-state index in [1.165, 1.54) is 25.1 Å². The van der Waals surface area contributed by atoms with Gasteiger partial charge in [-0.2, -0.15) is 0 Å². The quantitative estimate of drug-likeness (QED) is 0.797. The molecule has 94 valence electrons. The summed E-state index contributed by atoms with van der Waals surface area (Å²) in [6.45, 7) is 5.74. The lowest BCUT2D eigenvalue weighted by Gasteiger charge is -2.31. The van der Waals surface area contributed by atoms with Crippen LogP contribution in [0.3, 0.4) is 0 Å². The molecule has 0 radical (unpaired) electrons. The number of likely N-dealkylation sites (tertiary alicyclic amines) is 1. The molecule has 0 amide bonds. The molecule has 1 aromatic rings. The van der Waals surface area contributed by atoms with Crippen molar-refractivity contribution in [2.75, 3.05) is 38.6 Å². The summed E-state index contributed by atoms with van der Waals surface area (Å²) in [7, 11) is 3.97. The third-order valence-corrected chi connectivity index (χ3v) is 3.44. The first-order valence-corrected chi connectivity index (χ1v) is 6.43. The van der Waals surface area contributed by atoms with Crippen LogP contribution in [0.25, 0.3) is 0 Å². The molecule has 0 spiro atoms. The van der Waals surface area contributed by atoms with Gasteiger partial charge in [-0.05, 0) is 32.0 Å². The zero-order valence-corrected chi connectivity index (χ0v) is 11.1. The van der Waals surface area contributed by atoms with Crippen LogP contribution < -0.4 is 4.90 Å². The monoisotopic (exact) mass is 234 g/mol. The smallest absolute Gasteiger partial charge is 0.224 e. The fourth-order valence-electron chi connectivity index (χ4n) is 2.39. The van der Waals surface area contributed by atoms with E-state index in [-0.39, 0.29) is 0 Å². The van der Waals surface area contributed by atoms with Gasteiger partial charge in [0.25, 0.3) is 0 Å². The molecule has 1 fully saturated rings. The summed E-state index contributed by atoms with van der Waals surface area (Å²) in [5.74, 6) is 1.39. The molecule has 0 aromatic carbocycles. The summed E-state index contributed by atoms with van der Waals surface area (Å²) in [5.41, 5.74) is 1.20. The molecule has 0 bridgehead atoms. The normalized spacial score (nSPS) is 21.5. The van der Waals surface area contributed by atoms with Crippen LogP contribution in [0.15, 0.2) is 12.3 Å². The van der Waals surface area contributed by atoms with Crippen molar-refractivity contribution in [1.29, 1.82) is 0 Å². The first-order valence-electron chi connectivity index (χ1n) is 6.43. The molecule has 1 saturated heterocycles. The Labute approximate surface area is 104 Å². The number of anilines is 1. The first-order chi connectivity index (χ1) is 8.20. The van der Waals surface area contributed by atoms with Gasteiger partial charge in [-0.25, -0.2) is 9.97 Å². The van der Waals surface area contributed by atoms with Crippen molar-refractivity contribution in [2.24, 2.45) is 0 Å². The molecule has 0 aliphatic carbocycles. The number of hydrogen-bond acceptors (Lipinski definition) is 4. The average molecular weight is 234 g/mol. The Morgan fingerprint density at radius 3 is 3.00 bits per heavy atom. The first kappa shape index (κ1) is 12.3. The summed E-state index contributed by atoms with van der Waals surface area (Å²) in [6.07, 6.45) is 4.41. The SMILES string of the molecule is CCN1CCCC(c2ccnc(N(C)C)n2)C1. The second kappa shape index (κ2) is 5.45. The van der Waals surface area contributed by atoms with E-state index in [4.69, 9.17) is 0 Å². The average Bonchev–Trinajstić information content (AvgIpc) is 2.39. The lowest BCUT2D eigenvalue weighted by molar-refractivity contribution is 0.216. The van der Waals surface area contributed by atoms with Crippen LogP contribution in [0.4, 0.5) is 5.95 Å². The van der Waals surface area contributed by atoms with Crippen LogP contribution in [0, 0.1) is 0 Å². The summed E-state index contributed by atoms with van der Waals surface area (Å²) in [4.78, 5) is 13.4. The molecule has 17 heavy (non-hydrogen) atoms. The fraction of sp³-hybridized carbons (Fsp3) is 0.692. The second-order valence-electron chi connectivity index (χ2n) is 4.91. The molecule has 1 aliphatic heterocycles. The van der Waals surface area contributed by atoms with Crippen molar-refractivity contribution in [2.45, 2.75) is 25.7 Å². The van der Waals surface area contributed by atoms with Gasteiger partial charge in [0, 0.05) is 32.8 Å².